The molecule has 0 radical (unpaired) electrons. The number of piperidine rings is 1. The maximum atomic E-state index is 4.38. The standard InChI is InChI=1S/C14H23N3S/c1-11-16-9-12(18-11)10-17-8-3-2-6-14(17)13-5-4-7-15-13/h9,13-15H,2-8,10H2,1H3. The predicted molar refractivity (Wildman–Crippen MR) is 75.9 cm³/mol. The van der Waals surface area contributed by atoms with E-state index in [1.54, 1.807) is 0 Å². The molecule has 2 unspecified atom stereocenters. The summed E-state index contributed by atoms with van der Waals surface area (Å²) < 4.78 is 0. The monoisotopic (exact) mass is 265 g/mol. The Morgan fingerprint density at radius 2 is 2.33 bits per heavy atom. The second kappa shape index (κ2) is 5.68. The lowest BCUT2D eigenvalue weighted by Crippen LogP contribution is -2.49. The molecule has 1 N–H and O–H groups in total. The summed E-state index contributed by atoms with van der Waals surface area (Å²) in [6.45, 7) is 5.68. The van der Waals surface area contributed by atoms with Gasteiger partial charge in [0.1, 0.15) is 0 Å². The number of rotatable bonds is 3. The van der Waals surface area contributed by atoms with Gasteiger partial charge in [-0.1, -0.05) is 6.42 Å². The molecule has 0 aromatic carbocycles. The third-order valence-corrected chi connectivity index (χ3v) is 5.15. The van der Waals surface area contributed by atoms with E-state index in [4.69, 9.17) is 0 Å². The van der Waals surface area contributed by atoms with Crippen molar-refractivity contribution in [1.82, 2.24) is 15.2 Å². The highest BCUT2D eigenvalue weighted by molar-refractivity contribution is 7.11. The Bertz CT molecular complexity index is 384. The number of likely N-dealkylation sites (tertiary alicyclic amines) is 1. The maximum absolute atomic E-state index is 4.38. The first-order chi connectivity index (χ1) is 8.83. The minimum absolute atomic E-state index is 0.735. The van der Waals surface area contributed by atoms with Crippen molar-refractivity contribution in [3.63, 3.8) is 0 Å². The molecule has 2 aliphatic rings. The zero-order chi connectivity index (χ0) is 12.4. The van der Waals surface area contributed by atoms with Crippen LogP contribution in [-0.2, 0) is 6.54 Å². The Hall–Kier alpha value is -0.450. The summed E-state index contributed by atoms with van der Waals surface area (Å²) in [4.78, 5) is 8.50. The lowest BCUT2D eigenvalue weighted by molar-refractivity contribution is 0.113. The van der Waals surface area contributed by atoms with E-state index in [9.17, 15) is 0 Å². The van der Waals surface area contributed by atoms with Crippen molar-refractivity contribution in [2.75, 3.05) is 13.1 Å². The van der Waals surface area contributed by atoms with Crippen LogP contribution in [0.3, 0.4) is 0 Å². The molecule has 3 rings (SSSR count). The van der Waals surface area contributed by atoms with Crippen LogP contribution in [-0.4, -0.2) is 35.1 Å². The third kappa shape index (κ3) is 2.76. The fourth-order valence-corrected chi connectivity index (χ4v) is 4.21. The Balaban J connectivity index is 1.67. The van der Waals surface area contributed by atoms with Crippen LogP contribution in [0, 0.1) is 6.92 Å². The number of hydrogen-bond donors (Lipinski definition) is 1. The van der Waals surface area contributed by atoms with Crippen molar-refractivity contribution < 1.29 is 0 Å². The lowest BCUT2D eigenvalue weighted by Gasteiger charge is -2.39. The molecule has 0 bridgehead atoms. The fourth-order valence-electron chi connectivity index (χ4n) is 3.39. The SMILES string of the molecule is Cc1ncc(CN2CCCCC2C2CCCN2)s1. The van der Waals surface area contributed by atoms with E-state index in [-0.39, 0.29) is 0 Å². The zero-order valence-electron chi connectivity index (χ0n) is 11.2. The highest BCUT2D eigenvalue weighted by Crippen LogP contribution is 2.26. The first-order valence-corrected chi connectivity index (χ1v) is 8.03. The molecule has 1 aromatic heterocycles. The molecule has 0 spiro atoms. The van der Waals surface area contributed by atoms with E-state index in [0.29, 0.717) is 0 Å². The van der Waals surface area contributed by atoms with Crippen molar-refractivity contribution in [1.29, 1.82) is 0 Å². The average Bonchev–Trinajstić information content (AvgIpc) is 3.02. The van der Waals surface area contributed by atoms with E-state index >= 15 is 0 Å². The molecule has 18 heavy (non-hydrogen) atoms. The quantitative estimate of drug-likeness (QED) is 0.910. The summed E-state index contributed by atoms with van der Waals surface area (Å²) in [5, 5.41) is 4.89. The van der Waals surface area contributed by atoms with E-state index < -0.39 is 0 Å². The molecule has 0 aliphatic carbocycles. The van der Waals surface area contributed by atoms with Crippen molar-refractivity contribution >= 4 is 11.3 Å². The molecule has 2 atom stereocenters. The zero-order valence-corrected chi connectivity index (χ0v) is 12.0. The highest BCUT2D eigenvalue weighted by atomic mass is 32.1. The molecular weight excluding hydrogens is 242 g/mol. The minimum atomic E-state index is 0.735. The van der Waals surface area contributed by atoms with Gasteiger partial charge in [0, 0.05) is 29.7 Å². The van der Waals surface area contributed by atoms with Crippen LogP contribution in [0.2, 0.25) is 0 Å². The van der Waals surface area contributed by atoms with Gasteiger partial charge in [-0.15, -0.1) is 11.3 Å². The second-order valence-corrected chi connectivity index (χ2v) is 6.90. The number of hydrogen-bond acceptors (Lipinski definition) is 4. The van der Waals surface area contributed by atoms with Crippen LogP contribution in [0.25, 0.3) is 0 Å². The molecule has 100 valence electrons. The van der Waals surface area contributed by atoms with Crippen LogP contribution >= 0.6 is 11.3 Å². The van der Waals surface area contributed by atoms with Crippen molar-refractivity contribution in [3.8, 4) is 0 Å². The predicted octanol–water partition coefficient (Wildman–Crippen LogP) is 2.56. The molecule has 2 saturated heterocycles. The molecule has 3 nitrogen and oxygen atoms in total. The summed E-state index contributed by atoms with van der Waals surface area (Å²) in [5.74, 6) is 0. The number of nitrogens with one attached hydrogen (secondary N) is 1. The van der Waals surface area contributed by atoms with E-state index in [2.05, 4.69) is 28.3 Å². The third-order valence-electron chi connectivity index (χ3n) is 4.26. The summed E-state index contributed by atoms with van der Waals surface area (Å²) in [6.07, 6.45) is 8.92. The lowest BCUT2D eigenvalue weighted by atomic mass is 9.94. The van der Waals surface area contributed by atoms with Gasteiger partial charge in [-0.2, -0.15) is 0 Å². The van der Waals surface area contributed by atoms with Gasteiger partial charge in [0.15, 0.2) is 0 Å². The van der Waals surface area contributed by atoms with E-state index in [1.165, 1.54) is 55.1 Å². The Labute approximate surface area is 114 Å². The smallest absolute Gasteiger partial charge is 0.0897 e. The van der Waals surface area contributed by atoms with Gasteiger partial charge in [0.05, 0.1) is 5.01 Å². The first-order valence-electron chi connectivity index (χ1n) is 7.21. The summed E-state index contributed by atoms with van der Waals surface area (Å²) >= 11 is 1.85. The van der Waals surface area contributed by atoms with Crippen LogP contribution in [0.4, 0.5) is 0 Å². The average molecular weight is 265 g/mol. The second-order valence-electron chi connectivity index (χ2n) is 5.58. The summed E-state index contributed by atoms with van der Waals surface area (Å²) in [5.41, 5.74) is 0. The minimum Gasteiger partial charge on any atom is -0.312 e. The topological polar surface area (TPSA) is 28.2 Å². The molecule has 3 heterocycles. The van der Waals surface area contributed by atoms with Crippen molar-refractivity contribution in [2.45, 2.75) is 57.7 Å². The molecule has 0 saturated carbocycles. The molecule has 2 fully saturated rings. The molecule has 2 aliphatic heterocycles. The number of thiazole rings is 1. The van der Waals surface area contributed by atoms with Gasteiger partial charge < -0.3 is 5.32 Å². The molecular formula is C14H23N3S. The molecule has 0 amide bonds. The number of aryl methyl sites for hydroxylation is 1. The van der Waals surface area contributed by atoms with E-state index in [1.807, 2.05) is 11.3 Å². The van der Waals surface area contributed by atoms with Gasteiger partial charge in [-0.25, -0.2) is 4.98 Å². The van der Waals surface area contributed by atoms with Crippen LogP contribution in [0.5, 0.6) is 0 Å². The number of nitrogens with zero attached hydrogens (tertiary/aromatic N) is 2. The first kappa shape index (κ1) is 12.6. The van der Waals surface area contributed by atoms with Crippen molar-refractivity contribution in [3.05, 3.63) is 16.1 Å². The summed E-state index contributed by atoms with van der Waals surface area (Å²) in [6, 6.07) is 1.49. The Morgan fingerprint density at radius 3 is 3.06 bits per heavy atom. The number of aromatic nitrogens is 1. The van der Waals surface area contributed by atoms with Crippen molar-refractivity contribution in [2.24, 2.45) is 0 Å². The maximum Gasteiger partial charge on any atom is 0.0897 e. The highest BCUT2D eigenvalue weighted by Gasteiger charge is 2.31. The van der Waals surface area contributed by atoms with Crippen LogP contribution in [0.1, 0.15) is 42.0 Å². The van der Waals surface area contributed by atoms with Gasteiger partial charge in [0.25, 0.3) is 0 Å². The summed E-state index contributed by atoms with van der Waals surface area (Å²) in [7, 11) is 0. The van der Waals surface area contributed by atoms with Gasteiger partial charge >= 0.3 is 0 Å². The molecule has 1 aromatic rings. The van der Waals surface area contributed by atoms with Crippen LogP contribution < -0.4 is 5.32 Å². The van der Waals surface area contributed by atoms with Crippen LogP contribution in [0.15, 0.2) is 6.20 Å². The van der Waals surface area contributed by atoms with Gasteiger partial charge in [-0.05, 0) is 45.7 Å². The normalized spacial score (nSPS) is 29.8. The Morgan fingerprint density at radius 1 is 1.39 bits per heavy atom. The fraction of sp³-hybridized carbons (Fsp3) is 0.786. The largest absolute Gasteiger partial charge is 0.312 e. The van der Waals surface area contributed by atoms with Gasteiger partial charge in [-0.3, -0.25) is 4.90 Å². The molecule has 4 heteroatoms. The van der Waals surface area contributed by atoms with E-state index in [0.717, 1.165) is 18.6 Å². The van der Waals surface area contributed by atoms with Gasteiger partial charge in [0.2, 0.25) is 0 Å². The Kier molecular flexibility index (Phi) is 3.97.